The fourth-order valence-electron chi connectivity index (χ4n) is 7.62. The van der Waals surface area contributed by atoms with Crippen molar-refractivity contribution < 1.29 is 30.3 Å². The van der Waals surface area contributed by atoms with Crippen LogP contribution in [0.3, 0.4) is 0 Å². The molecule has 1 aliphatic heterocycles. The number of hydrogen-bond acceptors (Lipinski definition) is 2. The van der Waals surface area contributed by atoms with E-state index in [9.17, 15) is 5.53 Å². The summed E-state index contributed by atoms with van der Waals surface area (Å²) in [5.74, 6) is 0. The van der Waals surface area contributed by atoms with E-state index in [1.54, 1.807) is 4.70 Å². The number of hydrogen-bond donors (Lipinski definition) is 0. The Morgan fingerprint density at radius 2 is 0.793 bits per heavy atom. The minimum absolute atomic E-state index is 0.109. The first-order valence-corrected chi connectivity index (χ1v) is 23.9. The molecule has 0 radical (unpaired) electrons. The molecule has 0 spiro atoms. The molecule has 0 saturated carbocycles. The van der Waals surface area contributed by atoms with E-state index in [0.29, 0.717) is 13.2 Å². The molecule has 58 heavy (non-hydrogen) atoms. The molecule has 0 bridgehead atoms. The summed E-state index contributed by atoms with van der Waals surface area (Å²) in [6, 6.07) is 38.3. The van der Waals surface area contributed by atoms with Crippen molar-refractivity contribution in [3.63, 3.8) is 0 Å². The van der Waals surface area contributed by atoms with Crippen LogP contribution in [0.1, 0.15) is 170 Å². The number of benzene rings is 4. The van der Waals surface area contributed by atoms with Gasteiger partial charge in [-0.25, -0.2) is 4.70 Å². The van der Waals surface area contributed by atoms with Gasteiger partial charge in [0.1, 0.15) is 0 Å². The number of nitrogens with zero attached hydrogens (tertiary/aromatic N) is 2. The molecule has 4 nitrogen and oxygen atoms in total. The predicted octanol–water partition coefficient (Wildman–Crippen LogP) is 16.0. The fraction of sp³-hybridized carbons (Fsp3) is 0.472. The van der Waals surface area contributed by atoms with Gasteiger partial charge in [0.15, 0.2) is 0 Å². The van der Waals surface area contributed by atoms with Crippen molar-refractivity contribution >= 4 is 11.4 Å². The van der Waals surface area contributed by atoms with Crippen LogP contribution in [0.2, 0.25) is 0 Å². The van der Waals surface area contributed by atoms with Crippen molar-refractivity contribution in [2.24, 2.45) is 0 Å². The Kier molecular flexibility index (Phi) is 23.5. The number of rotatable bonds is 27. The van der Waals surface area contributed by atoms with Crippen LogP contribution in [0.15, 0.2) is 120 Å². The van der Waals surface area contributed by atoms with E-state index in [2.05, 4.69) is 76.2 Å². The third kappa shape index (κ3) is 16.7. The van der Waals surface area contributed by atoms with Crippen molar-refractivity contribution in [1.82, 2.24) is 0 Å². The van der Waals surface area contributed by atoms with Crippen molar-refractivity contribution in [2.75, 3.05) is 0 Å². The molecule has 4 aromatic carbocycles. The van der Waals surface area contributed by atoms with Gasteiger partial charge < -0.3 is 5.53 Å². The Bertz CT molecular complexity index is 1760. The fourth-order valence-corrected chi connectivity index (χ4v) is 8.45. The molecule has 5 rings (SSSR count). The second-order valence-corrected chi connectivity index (χ2v) is 16.9. The van der Waals surface area contributed by atoms with Gasteiger partial charge in [-0.05, 0) is 86.8 Å². The van der Waals surface area contributed by atoms with Crippen LogP contribution in [0.5, 0.6) is 0 Å². The topological polar surface area (TPSA) is 43.8 Å². The van der Waals surface area contributed by atoms with Gasteiger partial charge in [-0.15, -0.1) is 0 Å². The van der Waals surface area contributed by atoms with Gasteiger partial charge in [-0.1, -0.05) is 123 Å². The van der Waals surface area contributed by atoms with E-state index >= 15 is 0 Å². The van der Waals surface area contributed by atoms with Crippen molar-refractivity contribution in [1.29, 1.82) is 0 Å². The summed E-state index contributed by atoms with van der Waals surface area (Å²) in [6.07, 6.45) is 23.1. The Morgan fingerprint density at radius 3 is 1.29 bits per heavy atom. The van der Waals surface area contributed by atoms with Gasteiger partial charge in [0.05, 0.1) is 0 Å². The summed E-state index contributed by atoms with van der Waals surface area (Å²) in [5, 5.41) is 0. The monoisotopic (exact) mass is 874 g/mol. The average Bonchev–Trinajstić information content (AvgIpc) is 3.54. The van der Waals surface area contributed by atoms with Gasteiger partial charge >= 0.3 is 111 Å². The third-order valence-electron chi connectivity index (χ3n) is 10.9. The standard InChI is InChI=1S/C39H58N2.2C7H7O.Pd/c1-5-9-13-15-16-19-29-37-36(28-17-11-7-3)38(35-27-21-25-33(31-35)23-18-14-10-6-2)41(40)39(37)34-26-20-24-32(30-34)22-12-8-4;2*8-6-7-4-2-1-3-5-7;/h20-21,24-27,30-31H,5-19,22-23,28-29H2,1-4H3;2*1-5H,6H2;/q;2*-1;+2. The molecule has 0 saturated heterocycles. The van der Waals surface area contributed by atoms with E-state index in [0.717, 1.165) is 37.1 Å². The zero-order valence-electron chi connectivity index (χ0n) is 36.3. The van der Waals surface area contributed by atoms with Crippen LogP contribution >= 0.6 is 0 Å². The van der Waals surface area contributed by atoms with Crippen molar-refractivity contribution in [3.8, 4) is 0 Å². The van der Waals surface area contributed by atoms with E-state index in [1.165, 1.54) is 141 Å². The Labute approximate surface area is 362 Å². The molecule has 0 amide bonds. The Hall–Kier alpha value is -3.46. The summed E-state index contributed by atoms with van der Waals surface area (Å²) >= 11 is -0.109. The maximum absolute atomic E-state index is 12.0. The quantitative estimate of drug-likeness (QED) is 0.0340. The molecule has 1 aliphatic rings. The van der Waals surface area contributed by atoms with E-state index < -0.39 is 0 Å². The molecular formula is C53H72N2O2Pd. The first-order valence-electron chi connectivity index (χ1n) is 22.6. The molecule has 0 N–H and O–H groups in total. The average molecular weight is 876 g/mol. The molecule has 4 aromatic rings. The molecule has 1 heterocycles. The maximum atomic E-state index is 12.0. The zero-order chi connectivity index (χ0) is 41.0. The Balaban J connectivity index is 0.000000362. The Morgan fingerprint density at radius 1 is 0.414 bits per heavy atom. The number of allylic oxidation sites excluding steroid dienone is 2. The summed E-state index contributed by atoms with van der Waals surface area (Å²) < 4.78 is 12.5. The van der Waals surface area contributed by atoms with Gasteiger partial charge in [0, 0.05) is 22.3 Å². The second-order valence-electron chi connectivity index (χ2n) is 15.8. The predicted molar refractivity (Wildman–Crippen MR) is 241 cm³/mol. The summed E-state index contributed by atoms with van der Waals surface area (Å²) in [5.41, 5.74) is 24.3. The summed E-state index contributed by atoms with van der Waals surface area (Å²) in [7, 11) is 0. The van der Waals surface area contributed by atoms with Crippen LogP contribution in [0, 0.1) is 0 Å². The third-order valence-corrected chi connectivity index (χ3v) is 11.7. The van der Waals surface area contributed by atoms with Crippen molar-refractivity contribution in [3.05, 3.63) is 159 Å². The minimum atomic E-state index is -0.109. The van der Waals surface area contributed by atoms with E-state index in [-0.39, 0.29) is 18.7 Å². The summed E-state index contributed by atoms with van der Waals surface area (Å²) in [6.45, 7) is 10.3. The van der Waals surface area contributed by atoms with Crippen LogP contribution in [0.25, 0.3) is 16.9 Å². The second kappa shape index (κ2) is 28.9. The molecule has 0 fully saturated rings. The SMILES string of the molecule is CCCCCCCCC1=C(c2cccc(CCCC)c2)[N+](=[N-])C(c2cccc(CCCCCC)c2)=C1CCCCC.c1ccc(C[O][Pd][O]Cc2ccccc2)cc1. The molecule has 0 unspecified atom stereocenters. The van der Waals surface area contributed by atoms with Crippen LogP contribution in [-0.2, 0) is 51.7 Å². The summed E-state index contributed by atoms with van der Waals surface area (Å²) in [4.78, 5) is 0. The van der Waals surface area contributed by atoms with Gasteiger partial charge in [-0.3, -0.25) is 0 Å². The van der Waals surface area contributed by atoms with Crippen LogP contribution < -0.4 is 0 Å². The van der Waals surface area contributed by atoms with Gasteiger partial charge in [0.2, 0.25) is 11.4 Å². The molecular weight excluding hydrogens is 803 g/mol. The molecule has 0 atom stereocenters. The molecule has 5 heteroatoms. The molecule has 316 valence electrons. The van der Waals surface area contributed by atoms with Crippen LogP contribution in [0.4, 0.5) is 0 Å². The zero-order valence-corrected chi connectivity index (χ0v) is 37.8. The number of unbranched alkanes of at least 4 members (excludes halogenated alkanes) is 11. The normalized spacial score (nSPS) is 12.7. The van der Waals surface area contributed by atoms with Crippen molar-refractivity contribution in [2.45, 2.75) is 163 Å². The van der Waals surface area contributed by atoms with Gasteiger partial charge in [-0.2, -0.15) is 0 Å². The molecule has 0 aromatic heterocycles. The van der Waals surface area contributed by atoms with E-state index in [1.807, 2.05) is 60.7 Å². The van der Waals surface area contributed by atoms with Gasteiger partial charge in [0.25, 0.3) is 0 Å². The molecule has 0 aliphatic carbocycles. The van der Waals surface area contributed by atoms with Crippen LogP contribution in [-0.4, -0.2) is 4.70 Å². The first-order chi connectivity index (χ1) is 28.6. The number of aryl methyl sites for hydroxylation is 2. The van der Waals surface area contributed by atoms with E-state index in [4.69, 9.17) is 6.92 Å². The first kappa shape index (κ1) is 47.2.